The highest BCUT2D eigenvalue weighted by Crippen LogP contribution is 2.31. The van der Waals surface area contributed by atoms with Crippen molar-refractivity contribution in [1.29, 1.82) is 0 Å². The van der Waals surface area contributed by atoms with Gasteiger partial charge in [-0.25, -0.2) is 0 Å². The van der Waals surface area contributed by atoms with Crippen LogP contribution in [0.4, 0.5) is 0 Å². The smallest absolute Gasteiger partial charge is 0.0336 e. The van der Waals surface area contributed by atoms with E-state index < -0.39 is 0 Å². The van der Waals surface area contributed by atoms with Gasteiger partial charge in [-0.2, -0.15) is 11.8 Å². The molecule has 3 heteroatoms. The van der Waals surface area contributed by atoms with Crippen LogP contribution in [0.3, 0.4) is 0 Å². The minimum Gasteiger partial charge on any atom is -0.313 e. The van der Waals surface area contributed by atoms with Crippen molar-refractivity contribution in [3.63, 3.8) is 0 Å². The maximum Gasteiger partial charge on any atom is 0.0336 e. The van der Waals surface area contributed by atoms with Crippen LogP contribution in [0.1, 0.15) is 50.3 Å². The van der Waals surface area contributed by atoms with E-state index in [1.807, 2.05) is 11.8 Å². The van der Waals surface area contributed by atoms with Crippen molar-refractivity contribution in [3.8, 4) is 0 Å². The maximum absolute atomic E-state index is 3.85. The van der Waals surface area contributed by atoms with Gasteiger partial charge in [0.25, 0.3) is 0 Å². The van der Waals surface area contributed by atoms with Gasteiger partial charge in [-0.1, -0.05) is 38.1 Å². The molecular formula is C17H28N2S. The lowest BCUT2D eigenvalue weighted by Gasteiger charge is -2.32. The Bertz CT molecular complexity index is 407. The molecule has 0 saturated carbocycles. The van der Waals surface area contributed by atoms with Crippen molar-refractivity contribution in [2.75, 3.05) is 19.3 Å². The number of rotatable bonds is 6. The molecule has 2 N–H and O–H groups in total. The molecule has 20 heavy (non-hydrogen) atoms. The molecule has 1 unspecified atom stereocenters. The number of thioether (sulfide) groups is 1. The van der Waals surface area contributed by atoms with E-state index in [-0.39, 0.29) is 0 Å². The summed E-state index contributed by atoms with van der Waals surface area (Å²) >= 11 is 2.01. The van der Waals surface area contributed by atoms with Gasteiger partial charge in [0.05, 0.1) is 0 Å². The van der Waals surface area contributed by atoms with E-state index in [2.05, 4.69) is 55.0 Å². The zero-order chi connectivity index (χ0) is 14.4. The second kappa shape index (κ2) is 7.48. The topological polar surface area (TPSA) is 24.1 Å². The van der Waals surface area contributed by atoms with E-state index in [0.717, 1.165) is 19.6 Å². The highest BCUT2D eigenvalue weighted by molar-refractivity contribution is 8.00. The Hall–Kier alpha value is -0.510. The van der Waals surface area contributed by atoms with Crippen LogP contribution in [0.15, 0.2) is 24.3 Å². The van der Waals surface area contributed by atoms with Gasteiger partial charge in [0.2, 0.25) is 0 Å². The van der Waals surface area contributed by atoms with Gasteiger partial charge in [-0.05, 0) is 43.2 Å². The molecule has 112 valence electrons. The summed E-state index contributed by atoms with van der Waals surface area (Å²) in [7, 11) is 0. The molecule has 0 saturated heterocycles. The van der Waals surface area contributed by atoms with Crippen LogP contribution in [0, 0.1) is 0 Å². The Kier molecular flexibility index (Phi) is 5.94. The van der Waals surface area contributed by atoms with Crippen LogP contribution < -0.4 is 10.6 Å². The van der Waals surface area contributed by atoms with E-state index >= 15 is 0 Å². The first-order chi connectivity index (χ1) is 9.74. The van der Waals surface area contributed by atoms with E-state index in [9.17, 15) is 0 Å². The molecule has 0 radical (unpaired) electrons. The Labute approximate surface area is 128 Å². The molecule has 1 heterocycles. The van der Waals surface area contributed by atoms with Crippen LogP contribution in [0.5, 0.6) is 0 Å². The van der Waals surface area contributed by atoms with Crippen molar-refractivity contribution in [1.82, 2.24) is 10.6 Å². The summed E-state index contributed by atoms with van der Waals surface area (Å²) in [4.78, 5) is 0. The maximum atomic E-state index is 3.85. The van der Waals surface area contributed by atoms with E-state index in [0.29, 0.717) is 10.8 Å². The average Bonchev–Trinajstić information content (AvgIpc) is 2.72. The normalized spacial score (nSPS) is 19.4. The fraction of sp³-hybridized carbons (Fsp3) is 0.647. The van der Waals surface area contributed by atoms with Crippen LogP contribution in [0.25, 0.3) is 0 Å². The lowest BCUT2D eigenvalue weighted by Crippen LogP contribution is -2.38. The zero-order valence-corrected chi connectivity index (χ0v) is 13.9. The molecule has 0 fully saturated rings. The van der Waals surface area contributed by atoms with Crippen molar-refractivity contribution in [2.45, 2.75) is 50.4 Å². The monoisotopic (exact) mass is 292 g/mol. The summed E-state index contributed by atoms with van der Waals surface area (Å²) in [5, 5.41) is 7.38. The van der Waals surface area contributed by atoms with Crippen LogP contribution in [-0.4, -0.2) is 24.1 Å². The van der Waals surface area contributed by atoms with Crippen LogP contribution >= 0.6 is 11.8 Å². The summed E-state index contributed by atoms with van der Waals surface area (Å²) in [6.07, 6.45) is 5.88. The van der Waals surface area contributed by atoms with Gasteiger partial charge in [0, 0.05) is 23.9 Å². The number of benzene rings is 1. The molecular weight excluding hydrogens is 264 g/mol. The predicted octanol–water partition coefficient (Wildman–Crippen LogP) is 3.73. The largest absolute Gasteiger partial charge is 0.313 e. The van der Waals surface area contributed by atoms with Crippen molar-refractivity contribution in [2.24, 2.45) is 0 Å². The van der Waals surface area contributed by atoms with Crippen LogP contribution in [-0.2, 0) is 6.54 Å². The summed E-state index contributed by atoms with van der Waals surface area (Å²) < 4.78 is 0.384. The van der Waals surface area contributed by atoms with E-state index in [1.165, 1.54) is 30.4 Å². The number of fused-ring (bicyclic) bond motifs is 1. The average molecular weight is 292 g/mol. The number of hydrogen-bond acceptors (Lipinski definition) is 3. The van der Waals surface area contributed by atoms with E-state index in [1.54, 1.807) is 0 Å². The Morgan fingerprint density at radius 3 is 2.75 bits per heavy atom. The first kappa shape index (κ1) is 15.9. The van der Waals surface area contributed by atoms with Gasteiger partial charge in [0.15, 0.2) is 0 Å². The van der Waals surface area contributed by atoms with Gasteiger partial charge in [-0.15, -0.1) is 0 Å². The summed E-state index contributed by atoms with van der Waals surface area (Å²) in [5.41, 5.74) is 2.94. The number of nitrogens with one attached hydrogen (secondary N) is 2. The van der Waals surface area contributed by atoms with Gasteiger partial charge < -0.3 is 10.6 Å². The molecule has 1 atom stereocenters. The standard InChI is InChI=1S/C17H28N2S/c1-4-17(5-2,20-3)13-19-16-10-11-18-12-14-8-6-7-9-15(14)16/h6-9,16,18-19H,4-5,10-13H2,1-3H3. The highest BCUT2D eigenvalue weighted by Gasteiger charge is 2.27. The molecule has 1 aliphatic heterocycles. The fourth-order valence-electron chi connectivity index (χ4n) is 3.04. The van der Waals surface area contributed by atoms with E-state index in [4.69, 9.17) is 0 Å². The first-order valence-electron chi connectivity index (χ1n) is 7.81. The molecule has 0 amide bonds. The second-order valence-electron chi connectivity index (χ2n) is 5.69. The SMILES string of the molecule is CCC(CC)(CNC1CCNCc2ccccc21)SC. The minimum absolute atomic E-state index is 0.384. The predicted molar refractivity (Wildman–Crippen MR) is 90.3 cm³/mol. The molecule has 2 rings (SSSR count). The number of hydrogen-bond donors (Lipinski definition) is 2. The summed E-state index contributed by atoms with van der Waals surface area (Å²) in [5.74, 6) is 0. The molecule has 2 nitrogen and oxygen atoms in total. The third-order valence-electron chi connectivity index (χ3n) is 4.75. The molecule has 0 aromatic heterocycles. The Morgan fingerprint density at radius 1 is 1.30 bits per heavy atom. The quantitative estimate of drug-likeness (QED) is 0.835. The van der Waals surface area contributed by atoms with Crippen molar-refractivity contribution < 1.29 is 0 Å². The third kappa shape index (κ3) is 3.57. The lowest BCUT2D eigenvalue weighted by atomic mass is 9.97. The zero-order valence-electron chi connectivity index (χ0n) is 13.0. The molecule has 0 spiro atoms. The van der Waals surface area contributed by atoms with Crippen molar-refractivity contribution in [3.05, 3.63) is 35.4 Å². The summed E-state index contributed by atoms with van der Waals surface area (Å²) in [6.45, 7) is 7.81. The molecule has 0 aliphatic carbocycles. The Balaban J connectivity index is 2.09. The minimum atomic E-state index is 0.384. The second-order valence-corrected chi connectivity index (χ2v) is 6.97. The third-order valence-corrected chi connectivity index (χ3v) is 6.34. The Morgan fingerprint density at radius 2 is 2.05 bits per heavy atom. The fourth-order valence-corrected chi connectivity index (χ4v) is 3.85. The molecule has 1 aliphatic rings. The lowest BCUT2D eigenvalue weighted by molar-refractivity contribution is 0.430. The van der Waals surface area contributed by atoms with Gasteiger partial charge >= 0.3 is 0 Å². The highest BCUT2D eigenvalue weighted by atomic mass is 32.2. The molecule has 0 bridgehead atoms. The first-order valence-corrected chi connectivity index (χ1v) is 9.04. The van der Waals surface area contributed by atoms with Gasteiger partial charge in [0.1, 0.15) is 0 Å². The summed E-state index contributed by atoms with van der Waals surface area (Å²) in [6, 6.07) is 9.35. The molecule has 1 aromatic carbocycles. The van der Waals surface area contributed by atoms with Crippen molar-refractivity contribution >= 4 is 11.8 Å². The molecule has 1 aromatic rings. The van der Waals surface area contributed by atoms with Gasteiger partial charge in [-0.3, -0.25) is 0 Å². The van der Waals surface area contributed by atoms with Crippen LogP contribution in [0.2, 0.25) is 0 Å².